The molecule has 0 bridgehead atoms. The maximum absolute atomic E-state index is 12.2. The van der Waals surface area contributed by atoms with Crippen molar-refractivity contribution in [2.75, 3.05) is 19.0 Å². The average molecular weight is 262 g/mol. The summed E-state index contributed by atoms with van der Waals surface area (Å²) in [4.78, 5) is 25.0. The smallest absolute Gasteiger partial charge is 0.253 e. The number of amides is 2. The Morgan fingerprint density at radius 1 is 1.47 bits per heavy atom. The summed E-state index contributed by atoms with van der Waals surface area (Å²) in [7, 11) is 1.67. The summed E-state index contributed by atoms with van der Waals surface area (Å²) >= 11 is 0. The van der Waals surface area contributed by atoms with Crippen molar-refractivity contribution in [3.8, 4) is 0 Å². The number of anilines is 1. The van der Waals surface area contributed by atoms with Crippen molar-refractivity contribution in [1.82, 2.24) is 4.90 Å². The van der Waals surface area contributed by atoms with E-state index in [1.165, 1.54) is 4.90 Å². The number of hydrogen-bond donors (Lipinski definition) is 2. The van der Waals surface area contributed by atoms with Crippen LogP contribution in [-0.2, 0) is 11.2 Å². The normalized spacial score (nSPS) is 15.4. The zero-order valence-corrected chi connectivity index (χ0v) is 11.1. The van der Waals surface area contributed by atoms with Gasteiger partial charge in [0.15, 0.2) is 0 Å². The van der Waals surface area contributed by atoms with E-state index in [1.807, 2.05) is 6.07 Å². The van der Waals surface area contributed by atoms with E-state index in [9.17, 15) is 9.59 Å². The van der Waals surface area contributed by atoms with Crippen LogP contribution in [0.15, 0.2) is 18.2 Å². The predicted octanol–water partition coefficient (Wildman–Crippen LogP) is 1.02. The van der Waals surface area contributed by atoms with Crippen LogP contribution in [0, 0.1) is 0 Å². The van der Waals surface area contributed by atoms with Gasteiger partial charge in [-0.25, -0.2) is 0 Å². The van der Waals surface area contributed by atoms with Gasteiger partial charge in [-0.2, -0.15) is 0 Å². The molecule has 0 saturated heterocycles. The number of aliphatic hydroxyl groups excluding tert-OH is 1. The number of rotatable bonds is 3. The lowest BCUT2D eigenvalue weighted by Crippen LogP contribution is -2.37. The standard InChI is InChI=1S/C14H18N2O3/c1-9(8-17)16(2)14(19)11-3-5-12-10(7-11)4-6-13(18)15-12/h3,5,7,9,17H,4,6,8H2,1-2H3,(H,15,18). The molecule has 1 aromatic rings. The van der Waals surface area contributed by atoms with Crippen molar-refractivity contribution in [3.63, 3.8) is 0 Å². The molecule has 0 radical (unpaired) electrons. The third kappa shape index (κ3) is 2.76. The van der Waals surface area contributed by atoms with Gasteiger partial charge in [-0.05, 0) is 37.1 Å². The molecule has 5 heteroatoms. The summed E-state index contributed by atoms with van der Waals surface area (Å²) in [5, 5.41) is 11.9. The van der Waals surface area contributed by atoms with Crippen molar-refractivity contribution in [1.29, 1.82) is 0 Å². The third-order valence-corrected chi connectivity index (χ3v) is 3.49. The number of aliphatic hydroxyl groups is 1. The van der Waals surface area contributed by atoms with Crippen LogP contribution in [0.4, 0.5) is 5.69 Å². The molecule has 0 saturated carbocycles. The lowest BCUT2D eigenvalue weighted by atomic mass is 10.00. The summed E-state index contributed by atoms with van der Waals surface area (Å²) < 4.78 is 0. The van der Waals surface area contributed by atoms with Gasteiger partial charge in [0.05, 0.1) is 12.6 Å². The number of nitrogens with one attached hydrogen (secondary N) is 1. The van der Waals surface area contributed by atoms with Gasteiger partial charge in [-0.3, -0.25) is 9.59 Å². The molecule has 19 heavy (non-hydrogen) atoms. The highest BCUT2D eigenvalue weighted by Crippen LogP contribution is 2.24. The van der Waals surface area contributed by atoms with E-state index < -0.39 is 0 Å². The molecule has 0 spiro atoms. The van der Waals surface area contributed by atoms with Gasteiger partial charge >= 0.3 is 0 Å². The average Bonchev–Trinajstić information content (AvgIpc) is 2.44. The van der Waals surface area contributed by atoms with Crippen LogP contribution in [-0.4, -0.2) is 41.5 Å². The minimum Gasteiger partial charge on any atom is -0.394 e. The Morgan fingerprint density at radius 2 is 2.21 bits per heavy atom. The topological polar surface area (TPSA) is 69.6 Å². The van der Waals surface area contributed by atoms with Crippen LogP contribution in [0.1, 0.15) is 29.3 Å². The second kappa shape index (κ2) is 5.40. The Morgan fingerprint density at radius 3 is 2.89 bits per heavy atom. The molecule has 0 fully saturated rings. The second-order valence-corrected chi connectivity index (χ2v) is 4.87. The zero-order valence-electron chi connectivity index (χ0n) is 11.1. The van der Waals surface area contributed by atoms with Crippen LogP contribution < -0.4 is 5.32 Å². The molecular weight excluding hydrogens is 244 g/mol. The van der Waals surface area contributed by atoms with Crippen molar-refractivity contribution in [2.24, 2.45) is 0 Å². The summed E-state index contributed by atoms with van der Waals surface area (Å²) in [6, 6.07) is 5.06. The zero-order chi connectivity index (χ0) is 14.0. The van der Waals surface area contributed by atoms with Gasteiger partial charge in [0.2, 0.25) is 5.91 Å². The highest BCUT2D eigenvalue weighted by molar-refractivity contribution is 5.97. The van der Waals surface area contributed by atoms with Crippen molar-refractivity contribution in [3.05, 3.63) is 29.3 Å². The highest BCUT2D eigenvalue weighted by Gasteiger charge is 2.20. The highest BCUT2D eigenvalue weighted by atomic mass is 16.3. The minimum atomic E-state index is -0.219. The first kappa shape index (κ1) is 13.5. The van der Waals surface area contributed by atoms with Gasteiger partial charge in [0.25, 0.3) is 5.91 Å². The number of likely N-dealkylation sites (N-methyl/N-ethyl adjacent to an activating group) is 1. The molecule has 102 valence electrons. The largest absolute Gasteiger partial charge is 0.394 e. The number of hydrogen-bond acceptors (Lipinski definition) is 3. The Balaban J connectivity index is 2.22. The first-order chi connectivity index (χ1) is 9.02. The summed E-state index contributed by atoms with van der Waals surface area (Å²) in [5.41, 5.74) is 2.35. The Bertz CT molecular complexity index is 513. The molecule has 0 aliphatic carbocycles. The number of nitrogens with zero attached hydrogens (tertiary/aromatic N) is 1. The van der Waals surface area contributed by atoms with Crippen molar-refractivity contribution in [2.45, 2.75) is 25.8 Å². The van der Waals surface area contributed by atoms with E-state index in [1.54, 1.807) is 26.1 Å². The molecule has 1 atom stereocenters. The quantitative estimate of drug-likeness (QED) is 0.854. The van der Waals surface area contributed by atoms with Gasteiger partial charge in [0, 0.05) is 24.7 Å². The lowest BCUT2D eigenvalue weighted by molar-refractivity contribution is -0.116. The first-order valence-electron chi connectivity index (χ1n) is 6.33. The molecule has 1 unspecified atom stereocenters. The molecule has 2 rings (SSSR count). The monoisotopic (exact) mass is 262 g/mol. The van der Waals surface area contributed by atoms with E-state index in [0.717, 1.165) is 11.3 Å². The molecule has 1 aliphatic rings. The number of carbonyl (C=O) groups is 2. The molecule has 1 heterocycles. The van der Waals surface area contributed by atoms with Crippen molar-refractivity contribution < 1.29 is 14.7 Å². The maximum Gasteiger partial charge on any atom is 0.253 e. The molecule has 1 aromatic carbocycles. The molecule has 5 nitrogen and oxygen atoms in total. The summed E-state index contributed by atoms with van der Waals surface area (Å²) in [5.74, 6) is -0.112. The number of fused-ring (bicyclic) bond motifs is 1. The second-order valence-electron chi connectivity index (χ2n) is 4.87. The molecule has 2 N–H and O–H groups in total. The van der Waals surface area contributed by atoms with Crippen LogP contribution in [0.3, 0.4) is 0 Å². The number of benzene rings is 1. The molecule has 2 amide bonds. The SMILES string of the molecule is CC(CO)N(C)C(=O)c1ccc2c(c1)CCC(=O)N2. The number of carbonyl (C=O) groups excluding carboxylic acids is 2. The molecule has 1 aliphatic heterocycles. The van der Waals surface area contributed by atoms with Gasteiger partial charge in [-0.1, -0.05) is 0 Å². The fourth-order valence-corrected chi connectivity index (χ4v) is 2.04. The van der Waals surface area contributed by atoms with E-state index >= 15 is 0 Å². The van der Waals surface area contributed by atoms with E-state index in [2.05, 4.69) is 5.32 Å². The molecule has 0 aromatic heterocycles. The fraction of sp³-hybridized carbons (Fsp3) is 0.429. The first-order valence-corrected chi connectivity index (χ1v) is 6.33. The Labute approximate surface area is 112 Å². The van der Waals surface area contributed by atoms with Gasteiger partial charge in [-0.15, -0.1) is 0 Å². The number of aryl methyl sites for hydroxylation is 1. The van der Waals surface area contributed by atoms with Crippen LogP contribution in [0.25, 0.3) is 0 Å². The van der Waals surface area contributed by atoms with Gasteiger partial charge < -0.3 is 15.3 Å². The predicted molar refractivity (Wildman–Crippen MR) is 72.0 cm³/mol. The summed E-state index contributed by atoms with van der Waals surface area (Å²) in [6.07, 6.45) is 1.11. The van der Waals surface area contributed by atoms with Crippen LogP contribution >= 0.6 is 0 Å². The van der Waals surface area contributed by atoms with Crippen molar-refractivity contribution >= 4 is 17.5 Å². The van der Waals surface area contributed by atoms with E-state index in [0.29, 0.717) is 18.4 Å². The van der Waals surface area contributed by atoms with E-state index in [4.69, 9.17) is 5.11 Å². The lowest BCUT2D eigenvalue weighted by Gasteiger charge is -2.24. The Kier molecular flexibility index (Phi) is 3.85. The summed E-state index contributed by atoms with van der Waals surface area (Å²) in [6.45, 7) is 1.72. The fourth-order valence-electron chi connectivity index (χ4n) is 2.04. The third-order valence-electron chi connectivity index (χ3n) is 3.49. The minimum absolute atomic E-state index is 0.0117. The van der Waals surface area contributed by atoms with Crippen LogP contribution in [0.2, 0.25) is 0 Å². The van der Waals surface area contributed by atoms with Gasteiger partial charge in [0.1, 0.15) is 0 Å². The van der Waals surface area contributed by atoms with E-state index in [-0.39, 0.29) is 24.5 Å². The Hall–Kier alpha value is -1.88. The van der Waals surface area contributed by atoms with Crippen LogP contribution in [0.5, 0.6) is 0 Å². The maximum atomic E-state index is 12.2. The molecular formula is C14H18N2O3.